The number of likely N-dealkylation sites (tertiary alicyclic amines) is 1. The Labute approximate surface area is 83.3 Å². The van der Waals surface area contributed by atoms with Crippen molar-refractivity contribution in [2.45, 2.75) is 25.8 Å². The fourth-order valence-electron chi connectivity index (χ4n) is 1.81. The predicted molar refractivity (Wildman–Crippen MR) is 51.1 cm³/mol. The van der Waals surface area contributed by atoms with E-state index < -0.39 is 6.09 Å². The SMILES string of the molecule is CCN(C=O)C1CCN(C(=O)O)CC1. The van der Waals surface area contributed by atoms with Crippen LogP contribution in [0.1, 0.15) is 19.8 Å². The highest BCUT2D eigenvalue weighted by Crippen LogP contribution is 2.15. The van der Waals surface area contributed by atoms with E-state index in [4.69, 9.17) is 5.11 Å². The molecule has 5 heteroatoms. The highest BCUT2D eigenvalue weighted by atomic mass is 16.4. The van der Waals surface area contributed by atoms with Crippen LogP contribution in [0.3, 0.4) is 0 Å². The third kappa shape index (κ3) is 2.37. The summed E-state index contributed by atoms with van der Waals surface area (Å²) in [6, 6.07) is 0.216. The van der Waals surface area contributed by atoms with Crippen LogP contribution in [0, 0.1) is 0 Å². The van der Waals surface area contributed by atoms with E-state index in [9.17, 15) is 9.59 Å². The Morgan fingerprint density at radius 2 is 2.14 bits per heavy atom. The van der Waals surface area contributed by atoms with Crippen molar-refractivity contribution < 1.29 is 14.7 Å². The molecule has 80 valence electrons. The molecule has 1 heterocycles. The summed E-state index contributed by atoms with van der Waals surface area (Å²) < 4.78 is 0. The maximum atomic E-state index is 10.6. The standard InChI is InChI=1S/C9H16N2O3/c1-2-10(7-12)8-3-5-11(6-4-8)9(13)14/h7-8H,2-6H2,1H3,(H,13,14). The van der Waals surface area contributed by atoms with Crippen LogP contribution < -0.4 is 0 Å². The van der Waals surface area contributed by atoms with E-state index >= 15 is 0 Å². The predicted octanol–water partition coefficient (Wildman–Crippen LogP) is 0.607. The van der Waals surface area contributed by atoms with E-state index in [1.165, 1.54) is 4.90 Å². The second kappa shape index (κ2) is 4.83. The zero-order valence-corrected chi connectivity index (χ0v) is 8.35. The molecule has 1 N–H and O–H groups in total. The topological polar surface area (TPSA) is 60.9 Å². The van der Waals surface area contributed by atoms with Gasteiger partial charge in [-0.15, -0.1) is 0 Å². The van der Waals surface area contributed by atoms with Gasteiger partial charge in [0.25, 0.3) is 0 Å². The van der Waals surface area contributed by atoms with E-state index in [2.05, 4.69) is 0 Å². The van der Waals surface area contributed by atoms with Crippen molar-refractivity contribution in [2.24, 2.45) is 0 Å². The molecule has 0 aliphatic carbocycles. The average Bonchev–Trinajstić information content (AvgIpc) is 2.20. The van der Waals surface area contributed by atoms with Gasteiger partial charge in [0, 0.05) is 25.7 Å². The Kier molecular flexibility index (Phi) is 3.73. The van der Waals surface area contributed by atoms with Crippen molar-refractivity contribution >= 4 is 12.5 Å². The maximum Gasteiger partial charge on any atom is 0.407 e. The largest absolute Gasteiger partial charge is 0.465 e. The molecule has 0 aromatic rings. The van der Waals surface area contributed by atoms with Gasteiger partial charge in [-0.3, -0.25) is 4.79 Å². The summed E-state index contributed by atoms with van der Waals surface area (Å²) >= 11 is 0. The minimum absolute atomic E-state index is 0.216. The molecule has 2 amide bonds. The first-order valence-electron chi connectivity index (χ1n) is 4.88. The van der Waals surface area contributed by atoms with Crippen LogP contribution in [0.15, 0.2) is 0 Å². The number of nitrogens with zero attached hydrogens (tertiary/aromatic N) is 2. The number of piperidine rings is 1. The highest BCUT2D eigenvalue weighted by molar-refractivity contribution is 5.65. The maximum absolute atomic E-state index is 10.6. The number of hydrogen-bond acceptors (Lipinski definition) is 2. The molecule has 0 aromatic heterocycles. The molecule has 1 aliphatic heterocycles. The van der Waals surface area contributed by atoms with Gasteiger partial charge in [0.1, 0.15) is 0 Å². The number of amides is 2. The first-order valence-corrected chi connectivity index (χ1v) is 4.88. The van der Waals surface area contributed by atoms with Crippen molar-refractivity contribution in [3.05, 3.63) is 0 Å². The second-order valence-electron chi connectivity index (χ2n) is 3.44. The summed E-state index contributed by atoms with van der Waals surface area (Å²) in [5, 5.41) is 8.72. The highest BCUT2D eigenvalue weighted by Gasteiger charge is 2.24. The smallest absolute Gasteiger partial charge is 0.407 e. The summed E-state index contributed by atoms with van der Waals surface area (Å²) in [4.78, 5) is 24.4. The van der Waals surface area contributed by atoms with Gasteiger partial charge in [-0.25, -0.2) is 4.79 Å². The Balaban J connectivity index is 2.42. The number of rotatable bonds is 3. The average molecular weight is 200 g/mol. The quantitative estimate of drug-likeness (QED) is 0.679. The zero-order chi connectivity index (χ0) is 10.6. The van der Waals surface area contributed by atoms with Gasteiger partial charge in [0.05, 0.1) is 0 Å². The fourth-order valence-corrected chi connectivity index (χ4v) is 1.81. The molecule has 14 heavy (non-hydrogen) atoms. The van der Waals surface area contributed by atoms with Crippen LogP contribution >= 0.6 is 0 Å². The summed E-state index contributed by atoms with van der Waals surface area (Å²) in [5.74, 6) is 0. The molecule has 5 nitrogen and oxygen atoms in total. The van der Waals surface area contributed by atoms with Gasteiger partial charge in [0.15, 0.2) is 0 Å². The Bertz CT molecular complexity index is 212. The lowest BCUT2D eigenvalue weighted by molar-refractivity contribution is -0.120. The van der Waals surface area contributed by atoms with E-state index in [-0.39, 0.29) is 6.04 Å². The number of carboxylic acid groups (broad SMARTS) is 1. The molecule has 0 aromatic carbocycles. The van der Waals surface area contributed by atoms with Gasteiger partial charge in [-0.1, -0.05) is 0 Å². The molecule has 0 unspecified atom stereocenters. The molecule has 1 aliphatic rings. The van der Waals surface area contributed by atoms with Crippen LogP contribution in [-0.2, 0) is 4.79 Å². The van der Waals surface area contributed by atoms with E-state index in [1.54, 1.807) is 4.90 Å². The Morgan fingerprint density at radius 1 is 1.57 bits per heavy atom. The molecular weight excluding hydrogens is 184 g/mol. The van der Waals surface area contributed by atoms with Gasteiger partial charge in [-0.05, 0) is 19.8 Å². The van der Waals surface area contributed by atoms with Gasteiger partial charge >= 0.3 is 6.09 Å². The number of carbonyl (C=O) groups is 2. The van der Waals surface area contributed by atoms with Crippen LogP contribution in [0.4, 0.5) is 4.79 Å². The lowest BCUT2D eigenvalue weighted by atomic mass is 10.0. The van der Waals surface area contributed by atoms with Gasteiger partial charge in [0.2, 0.25) is 6.41 Å². The van der Waals surface area contributed by atoms with Crippen molar-refractivity contribution in [3.63, 3.8) is 0 Å². The first kappa shape index (κ1) is 10.8. The Hall–Kier alpha value is -1.26. The molecule has 0 atom stereocenters. The van der Waals surface area contributed by atoms with E-state index in [1.807, 2.05) is 6.92 Å². The summed E-state index contributed by atoms with van der Waals surface area (Å²) in [6.07, 6.45) is 1.48. The van der Waals surface area contributed by atoms with Crippen LogP contribution in [-0.4, -0.2) is 53.1 Å². The molecule has 0 radical (unpaired) electrons. The lowest BCUT2D eigenvalue weighted by Crippen LogP contribution is -2.45. The molecule has 1 fully saturated rings. The van der Waals surface area contributed by atoms with Crippen LogP contribution in [0.25, 0.3) is 0 Å². The summed E-state index contributed by atoms with van der Waals surface area (Å²) in [6.45, 7) is 3.69. The summed E-state index contributed by atoms with van der Waals surface area (Å²) in [5.41, 5.74) is 0. The molecule has 0 bridgehead atoms. The molecule has 0 saturated carbocycles. The monoisotopic (exact) mass is 200 g/mol. The van der Waals surface area contributed by atoms with E-state index in [0.29, 0.717) is 19.6 Å². The molecular formula is C9H16N2O3. The third-order valence-electron chi connectivity index (χ3n) is 2.70. The van der Waals surface area contributed by atoms with Crippen molar-refractivity contribution in [2.75, 3.05) is 19.6 Å². The van der Waals surface area contributed by atoms with E-state index in [0.717, 1.165) is 19.3 Å². The minimum Gasteiger partial charge on any atom is -0.465 e. The van der Waals surface area contributed by atoms with Crippen LogP contribution in [0.2, 0.25) is 0 Å². The molecule has 1 saturated heterocycles. The fraction of sp³-hybridized carbons (Fsp3) is 0.778. The summed E-state index contributed by atoms with van der Waals surface area (Å²) in [7, 11) is 0. The van der Waals surface area contributed by atoms with Gasteiger partial charge in [-0.2, -0.15) is 0 Å². The normalized spacial score (nSPS) is 17.9. The van der Waals surface area contributed by atoms with Crippen LogP contribution in [0.5, 0.6) is 0 Å². The second-order valence-corrected chi connectivity index (χ2v) is 3.44. The Morgan fingerprint density at radius 3 is 2.50 bits per heavy atom. The first-order chi connectivity index (χ1) is 6.69. The minimum atomic E-state index is -0.863. The number of carbonyl (C=O) groups excluding carboxylic acids is 1. The molecule has 1 rings (SSSR count). The number of hydrogen-bond donors (Lipinski definition) is 1. The zero-order valence-electron chi connectivity index (χ0n) is 8.35. The van der Waals surface area contributed by atoms with Crippen molar-refractivity contribution in [1.29, 1.82) is 0 Å². The van der Waals surface area contributed by atoms with Gasteiger partial charge < -0.3 is 14.9 Å². The van der Waals surface area contributed by atoms with Crippen molar-refractivity contribution in [3.8, 4) is 0 Å². The molecule has 0 spiro atoms. The van der Waals surface area contributed by atoms with Crippen molar-refractivity contribution in [1.82, 2.24) is 9.80 Å². The third-order valence-corrected chi connectivity index (χ3v) is 2.70. The lowest BCUT2D eigenvalue weighted by Gasteiger charge is -2.35.